The highest BCUT2D eigenvalue weighted by Gasteiger charge is 2.30. The first-order chi connectivity index (χ1) is 14.7. The molecule has 2 amide bonds. The van der Waals surface area contributed by atoms with Gasteiger partial charge in [-0.2, -0.15) is 0 Å². The molecule has 1 fully saturated rings. The lowest BCUT2D eigenvalue weighted by atomic mass is 9.81. The molecule has 152 valence electrons. The molecule has 0 aliphatic heterocycles. The molecule has 0 spiro atoms. The van der Waals surface area contributed by atoms with E-state index in [0.717, 1.165) is 48.1 Å². The molecule has 0 saturated heterocycles. The summed E-state index contributed by atoms with van der Waals surface area (Å²) in [6.07, 6.45) is 10.7. The highest BCUT2D eigenvalue weighted by Crippen LogP contribution is 2.31. The number of carbonyl (C=O) groups excluding carboxylic acids is 2. The molecule has 1 aliphatic carbocycles. The van der Waals surface area contributed by atoms with Crippen LogP contribution < -0.4 is 10.6 Å². The number of fused-ring (bicyclic) bond motifs is 2. The lowest BCUT2D eigenvalue weighted by Crippen LogP contribution is -2.31. The molecule has 30 heavy (non-hydrogen) atoms. The Kier molecular flexibility index (Phi) is 4.75. The number of rotatable bonds is 4. The van der Waals surface area contributed by atoms with Crippen LogP contribution in [0.15, 0.2) is 73.3 Å². The molecule has 0 unspecified atom stereocenters. The molecule has 0 radical (unpaired) electrons. The fraction of sp³-hybridized carbons (Fsp3) is 0.250. The molecule has 4 aromatic heterocycles. The lowest BCUT2D eigenvalue weighted by Gasteiger charge is -2.26. The number of hydrogen-bond donors (Lipinski definition) is 2. The molecule has 1 aliphatic rings. The van der Waals surface area contributed by atoms with Crippen molar-refractivity contribution in [1.82, 2.24) is 8.80 Å². The summed E-state index contributed by atoms with van der Waals surface area (Å²) in [5.74, 6) is -0.00448. The Morgan fingerprint density at radius 2 is 1.13 bits per heavy atom. The summed E-state index contributed by atoms with van der Waals surface area (Å²) in [5, 5.41) is 6.07. The maximum Gasteiger partial charge on any atom is 0.227 e. The van der Waals surface area contributed by atoms with E-state index in [1.54, 1.807) is 0 Å². The van der Waals surface area contributed by atoms with E-state index < -0.39 is 0 Å². The van der Waals surface area contributed by atoms with Crippen molar-refractivity contribution in [3.8, 4) is 0 Å². The first-order valence-electron chi connectivity index (χ1n) is 10.4. The van der Waals surface area contributed by atoms with Crippen molar-refractivity contribution in [3.05, 3.63) is 73.3 Å². The van der Waals surface area contributed by atoms with E-state index in [9.17, 15) is 9.59 Å². The van der Waals surface area contributed by atoms with Gasteiger partial charge in [0.05, 0.1) is 11.4 Å². The summed E-state index contributed by atoms with van der Waals surface area (Å²) < 4.78 is 3.98. The van der Waals surface area contributed by atoms with Crippen molar-refractivity contribution in [2.45, 2.75) is 25.7 Å². The maximum atomic E-state index is 12.7. The van der Waals surface area contributed by atoms with Crippen LogP contribution in [0, 0.1) is 11.8 Å². The van der Waals surface area contributed by atoms with E-state index in [2.05, 4.69) is 10.6 Å². The third-order valence-corrected chi connectivity index (χ3v) is 6.01. The van der Waals surface area contributed by atoms with Crippen LogP contribution in [0.2, 0.25) is 0 Å². The van der Waals surface area contributed by atoms with Crippen molar-refractivity contribution < 1.29 is 9.59 Å². The van der Waals surface area contributed by atoms with E-state index in [1.165, 1.54) is 0 Å². The molecule has 0 atom stereocenters. The number of carbonyl (C=O) groups is 2. The molecule has 4 aromatic rings. The molecule has 5 rings (SSSR count). The Morgan fingerprint density at radius 3 is 1.53 bits per heavy atom. The van der Waals surface area contributed by atoms with Crippen LogP contribution >= 0.6 is 0 Å². The summed E-state index contributed by atoms with van der Waals surface area (Å²) in [7, 11) is 0. The van der Waals surface area contributed by atoms with E-state index in [-0.39, 0.29) is 23.7 Å². The number of pyridine rings is 2. The summed E-state index contributed by atoms with van der Waals surface area (Å²) in [5.41, 5.74) is 3.72. The molecule has 4 heterocycles. The van der Waals surface area contributed by atoms with Gasteiger partial charge in [-0.05, 0) is 62.1 Å². The number of nitrogens with one attached hydrogen (secondary N) is 2. The van der Waals surface area contributed by atoms with Gasteiger partial charge in [0.25, 0.3) is 0 Å². The van der Waals surface area contributed by atoms with E-state index in [0.29, 0.717) is 0 Å². The number of nitrogens with zero attached hydrogens (tertiary/aromatic N) is 2. The molecule has 6 heteroatoms. The first-order valence-corrected chi connectivity index (χ1v) is 10.4. The van der Waals surface area contributed by atoms with Crippen LogP contribution in [0.4, 0.5) is 11.4 Å². The van der Waals surface area contributed by atoms with E-state index in [1.807, 2.05) is 82.1 Å². The van der Waals surface area contributed by atoms with Crippen LogP contribution in [-0.4, -0.2) is 20.6 Å². The SMILES string of the molecule is O=C(Nc1cc2ccccn2c1)C1CCC(C(=O)Nc2cc3ccccn3c2)CC1. The maximum absolute atomic E-state index is 12.7. The Hall–Kier alpha value is -3.54. The molecule has 6 nitrogen and oxygen atoms in total. The van der Waals surface area contributed by atoms with E-state index in [4.69, 9.17) is 0 Å². The Labute approximate surface area is 174 Å². The zero-order valence-electron chi connectivity index (χ0n) is 16.6. The van der Waals surface area contributed by atoms with E-state index >= 15 is 0 Å². The molecule has 0 aromatic carbocycles. The number of anilines is 2. The van der Waals surface area contributed by atoms with Gasteiger partial charge >= 0.3 is 0 Å². The average molecular weight is 400 g/mol. The molecular weight excluding hydrogens is 376 g/mol. The van der Waals surface area contributed by atoms with Gasteiger partial charge in [-0.25, -0.2) is 0 Å². The second-order valence-electron chi connectivity index (χ2n) is 8.05. The largest absolute Gasteiger partial charge is 0.324 e. The van der Waals surface area contributed by atoms with Gasteiger partial charge in [0.15, 0.2) is 0 Å². The number of hydrogen-bond acceptors (Lipinski definition) is 2. The van der Waals surface area contributed by atoms with Crippen molar-refractivity contribution in [2.75, 3.05) is 10.6 Å². The van der Waals surface area contributed by atoms with Gasteiger partial charge < -0.3 is 19.4 Å². The standard InChI is InChI=1S/C24H24N4O2/c29-23(25-19-13-21-5-1-3-11-27(21)15-19)17-7-9-18(10-8-17)24(30)26-20-14-22-6-2-4-12-28(22)16-20/h1-6,11-18H,7-10H2,(H,25,29)(H,26,30). The normalized spacial score (nSPS) is 19.1. The van der Waals surface area contributed by atoms with Crippen LogP contribution in [0.5, 0.6) is 0 Å². The molecular formula is C24H24N4O2. The van der Waals surface area contributed by atoms with Gasteiger partial charge in [-0.1, -0.05) is 12.1 Å². The second-order valence-corrected chi connectivity index (χ2v) is 8.05. The van der Waals surface area contributed by atoms with Crippen molar-refractivity contribution in [2.24, 2.45) is 11.8 Å². The van der Waals surface area contributed by atoms with Crippen molar-refractivity contribution in [1.29, 1.82) is 0 Å². The third-order valence-electron chi connectivity index (χ3n) is 6.01. The predicted octanol–water partition coefficient (Wildman–Crippen LogP) is 4.58. The van der Waals surface area contributed by atoms with Crippen molar-refractivity contribution >= 4 is 34.2 Å². The number of amides is 2. The van der Waals surface area contributed by atoms with Crippen LogP contribution in [0.25, 0.3) is 11.0 Å². The Balaban J connectivity index is 1.16. The zero-order valence-corrected chi connectivity index (χ0v) is 16.6. The van der Waals surface area contributed by atoms with Gasteiger partial charge in [-0.15, -0.1) is 0 Å². The molecule has 0 bridgehead atoms. The molecule has 2 N–H and O–H groups in total. The minimum Gasteiger partial charge on any atom is -0.324 e. The Bertz CT molecular complexity index is 1050. The van der Waals surface area contributed by atoms with Gasteiger partial charge in [0.2, 0.25) is 11.8 Å². The summed E-state index contributed by atoms with van der Waals surface area (Å²) >= 11 is 0. The molecule has 1 saturated carbocycles. The van der Waals surface area contributed by atoms with Crippen molar-refractivity contribution in [3.63, 3.8) is 0 Å². The van der Waals surface area contributed by atoms with Gasteiger partial charge in [-0.3, -0.25) is 9.59 Å². The zero-order chi connectivity index (χ0) is 20.5. The summed E-state index contributed by atoms with van der Waals surface area (Å²) in [4.78, 5) is 25.4. The van der Waals surface area contributed by atoms with Crippen LogP contribution in [-0.2, 0) is 9.59 Å². The highest BCUT2D eigenvalue weighted by atomic mass is 16.2. The lowest BCUT2D eigenvalue weighted by molar-refractivity contribution is -0.125. The highest BCUT2D eigenvalue weighted by molar-refractivity contribution is 5.95. The second kappa shape index (κ2) is 7.71. The minimum atomic E-state index is -0.0471. The quantitative estimate of drug-likeness (QED) is 0.527. The first kappa shape index (κ1) is 18.5. The Morgan fingerprint density at radius 1 is 0.700 bits per heavy atom. The summed E-state index contributed by atoms with van der Waals surface area (Å²) in [6.45, 7) is 0. The summed E-state index contributed by atoms with van der Waals surface area (Å²) in [6, 6.07) is 15.8. The minimum absolute atomic E-state index is 0.0449. The fourth-order valence-electron chi connectivity index (χ4n) is 4.35. The third kappa shape index (κ3) is 3.68. The smallest absolute Gasteiger partial charge is 0.227 e. The van der Waals surface area contributed by atoms with Gasteiger partial charge in [0.1, 0.15) is 0 Å². The van der Waals surface area contributed by atoms with Crippen LogP contribution in [0.3, 0.4) is 0 Å². The number of aromatic nitrogens is 2. The topological polar surface area (TPSA) is 67.0 Å². The average Bonchev–Trinajstić information content (AvgIpc) is 3.36. The monoisotopic (exact) mass is 400 g/mol. The van der Waals surface area contributed by atoms with Gasteiger partial charge in [0, 0.05) is 47.7 Å². The van der Waals surface area contributed by atoms with Crippen LogP contribution in [0.1, 0.15) is 25.7 Å². The fourth-order valence-corrected chi connectivity index (χ4v) is 4.35. The predicted molar refractivity (Wildman–Crippen MR) is 118 cm³/mol.